The van der Waals surface area contributed by atoms with E-state index in [-0.39, 0.29) is 6.04 Å². The number of aromatic nitrogens is 1. The van der Waals surface area contributed by atoms with Crippen LogP contribution in [0, 0.1) is 0 Å². The van der Waals surface area contributed by atoms with E-state index in [0.717, 1.165) is 49.1 Å². The van der Waals surface area contributed by atoms with Gasteiger partial charge in [0.1, 0.15) is 5.15 Å². The number of nitrogens with one attached hydrogen (secondary N) is 1. The van der Waals surface area contributed by atoms with Gasteiger partial charge in [0.25, 0.3) is 0 Å². The molecule has 0 spiro atoms. The molecule has 1 N–H and O–H groups in total. The fraction of sp³-hybridized carbons (Fsp3) is 0.353. The summed E-state index contributed by atoms with van der Waals surface area (Å²) >= 11 is 6.47. The molecule has 1 aromatic carbocycles. The number of benzene rings is 1. The lowest BCUT2D eigenvalue weighted by atomic mass is 10.0. The monoisotopic (exact) mass is 301 g/mol. The Labute approximate surface area is 130 Å². The van der Waals surface area contributed by atoms with Crippen molar-refractivity contribution in [3.63, 3.8) is 0 Å². The van der Waals surface area contributed by atoms with Crippen molar-refractivity contribution >= 4 is 22.5 Å². The summed E-state index contributed by atoms with van der Waals surface area (Å²) in [4.78, 5) is 7.03. The highest BCUT2D eigenvalue weighted by Crippen LogP contribution is 2.32. The number of nitrogens with zero attached hydrogens (tertiary/aromatic N) is 2. The van der Waals surface area contributed by atoms with Crippen molar-refractivity contribution in [2.45, 2.75) is 12.5 Å². The fourth-order valence-electron chi connectivity index (χ4n) is 2.97. The Hall–Kier alpha value is -1.42. The Balaban J connectivity index is 2.01. The second kappa shape index (κ2) is 6.56. The Morgan fingerprint density at radius 2 is 2.10 bits per heavy atom. The quantitative estimate of drug-likeness (QED) is 0.693. The molecule has 1 saturated heterocycles. The summed E-state index contributed by atoms with van der Waals surface area (Å²) in [5.74, 6) is 0. The zero-order valence-electron chi connectivity index (χ0n) is 12.1. The SMILES string of the molecule is C=CC[C@@H](c1cc2ccccc2nc1Cl)N1CCNCC1. The summed E-state index contributed by atoms with van der Waals surface area (Å²) in [5, 5.41) is 5.14. The van der Waals surface area contributed by atoms with Gasteiger partial charge in [0.15, 0.2) is 0 Å². The fourth-order valence-corrected chi connectivity index (χ4v) is 3.24. The second-order valence-electron chi connectivity index (χ2n) is 5.39. The van der Waals surface area contributed by atoms with Crippen LogP contribution < -0.4 is 5.32 Å². The van der Waals surface area contributed by atoms with E-state index >= 15 is 0 Å². The average molecular weight is 302 g/mol. The molecule has 3 nitrogen and oxygen atoms in total. The molecule has 1 aliphatic heterocycles. The molecule has 110 valence electrons. The van der Waals surface area contributed by atoms with Crippen LogP contribution in [0.1, 0.15) is 18.0 Å². The van der Waals surface area contributed by atoms with E-state index in [0.29, 0.717) is 5.15 Å². The highest BCUT2D eigenvalue weighted by atomic mass is 35.5. The largest absolute Gasteiger partial charge is 0.314 e. The normalized spacial score (nSPS) is 17.8. The third-order valence-electron chi connectivity index (χ3n) is 4.05. The van der Waals surface area contributed by atoms with Gasteiger partial charge in [-0.1, -0.05) is 35.9 Å². The first-order valence-electron chi connectivity index (χ1n) is 7.40. The Kier molecular flexibility index (Phi) is 4.54. The van der Waals surface area contributed by atoms with E-state index in [1.54, 1.807) is 0 Å². The molecule has 0 aliphatic carbocycles. The summed E-state index contributed by atoms with van der Waals surface area (Å²) in [6, 6.07) is 10.6. The van der Waals surface area contributed by atoms with Crippen LogP contribution in [0.2, 0.25) is 5.15 Å². The van der Waals surface area contributed by atoms with Gasteiger partial charge >= 0.3 is 0 Å². The van der Waals surface area contributed by atoms with E-state index in [1.807, 2.05) is 24.3 Å². The minimum absolute atomic E-state index is 0.259. The van der Waals surface area contributed by atoms with Crippen LogP contribution in [0.5, 0.6) is 0 Å². The molecule has 2 heterocycles. The van der Waals surface area contributed by atoms with E-state index < -0.39 is 0 Å². The van der Waals surface area contributed by atoms with E-state index in [2.05, 4.69) is 33.9 Å². The minimum Gasteiger partial charge on any atom is -0.314 e. The molecule has 21 heavy (non-hydrogen) atoms. The van der Waals surface area contributed by atoms with Gasteiger partial charge in [-0.15, -0.1) is 6.58 Å². The van der Waals surface area contributed by atoms with Crippen molar-refractivity contribution in [3.05, 3.63) is 53.7 Å². The number of piperazine rings is 1. The maximum Gasteiger partial charge on any atom is 0.134 e. The molecule has 0 radical (unpaired) electrons. The third-order valence-corrected chi connectivity index (χ3v) is 4.35. The van der Waals surface area contributed by atoms with Gasteiger partial charge in [-0.2, -0.15) is 0 Å². The first-order chi connectivity index (χ1) is 10.3. The standard InChI is InChI=1S/C17H20ClN3/c1-2-5-16(21-10-8-19-9-11-21)14-12-13-6-3-4-7-15(13)20-17(14)18/h2-4,6-7,12,16,19H,1,5,8-11H2/t16-/m0/s1. The van der Waals surface area contributed by atoms with Crippen LogP contribution in [0.15, 0.2) is 43.0 Å². The molecule has 4 heteroatoms. The van der Waals surface area contributed by atoms with Gasteiger partial charge in [-0.3, -0.25) is 4.90 Å². The number of rotatable bonds is 4. The Morgan fingerprint density at radius 3 is 2.86 bits per heavy atom. The molecule has 1 atom stereocenters. The number of hydrogen-bond donors (Lipinski definition) is 1. The Bertz CT molecular complexity index is 635. The van der Waals surface area contributed by atoms with Gasteiger partial charge in [0.2, 0.25) is 0 Å². The molecule has 1 fully saturated rings. The molecule has 0 bridgehead atoms. The lowest BCUT2D eigenvalue weighted by Gasteiger charge is -2.35. The van der Waals surface area contributed by atoms with E-state index in [1.165, 1.54) is 0 Å². The van der Waals surface area contributed by atoms with Crippen molar-refractivity contribution in [1.29, 1.82) is 0 Å². The van der Waals surface area contributed by atoms with Gasteiger partial charge in [0, 0.05) is 43.2 Å². The number of para-hydroxylation sites is 1. The van der Waals surface area contributed by atoms with Gasteiger partial charge in [-0.05, 0) is 18.6 Å². The Morgan fingerprint density at radius 1 is 1.33 bits per heavy atom. The predicted molar refractivity (Wildman–Crippen MR) is 88.8 cm³/mol. The zero-order valence-corrected chi connectivity index (χ0v) is 12.8. The van der Waals surface area contributed by atoms with Gasteiger partial charge < -0.3 is 5.32 Å². The van der Waals surface area contributed by atoms with Crippen LogP contribution in [0.4, 0.5) is 0 Å². The summed E-state index contributed by atoms with van der Waals surface area (Å²) in [6.45, 7) is 8.01. The number of hydrogen-bond acceptors (Lipinski definition) is 3. The van der Waals surface area contributed by atoms with E-state index in [4.69, 9.17) is 11.6 Å². The molecule has 1 aromatic heterocycles. The van der Waals surface area contributed by atoms with Crippen molar-refractivity contribution in [3.8, 4) is 0 Å². The van der Waals surface area contributed by atoms with Gasteiger partial charge in [-0.25, -0.2) is 4.98 Å². The summed E-state index contributed by atoms with van der Waals surface area (Å²) in [5.41, 5.74) is 2.06. The lowest BCUT2D eigenvalue weighted by molar-refractivity contribution is 0.174. The maximum absolute atomic E-state index is 6.47. The third kappa shape index (κ3) is 3.10. The van der Waals surface area contributed by atoms with Crippen molar-refractivity contribution < 1.29 is 0 Å². The first kappa shape index (κ1) is 14.5. The van der Waals surface area contributed by atoms with Crippen molar-refractivity contribution in [2.75, 3.05) is 26.2 Å². The second-order valence-corrected chi connectivity index (χ2v) is 5.75. The van der Waals surface area contributed by atoms with Crippen LogP contribution >= 0.6 is 11.6 Å². The smallest absolute Gasteiger partial charge is 0.134 e. The van der Waals surface area contributed by atoms with E-state index in [9.17, 15) is 0 Å². The zero-order chi connectivity index (χ0) is 14.7. The lowest BCUT2D eigenvalue weighted by Crippen LogP contribution is -2.45. The molecular formula is C17H20ClN3. The molecule has 3 rings (SSSR count). The van der Waals surface area contributed by atoms with Crippen LogP contribution in [-0.4, -0.2) is 36.1 Å². The summed E-state index contributed by atoms with van der Waals surface area (Å²) in [7, 11) is 0. The summed E-state index contributed by atoms with van der Waals surface area (Å²) in [6.07, 6.45) is 2.86. The summed E-state index contributed by atoms with van der Waals surface area (Å²) < 4.78 is 0. The first-order valence-corrected chi connectivity index (χ1v) is 7.78. The predicted octanol–water partition coefficient (Wildman–Crippen LogP) is 3.41. The number of pyridine rings is 1. The minimum atomic E-state index is 0.259. The van der Waals surface area contributed by atoms with Crippen LogP contribution in [0.25, 0.3) is 10.9 Å². The molecule has 0 saturated carbocycles. The van der Waals surface area contributed by atoms with Crippen LogP contribution in [0.3, 0.4) is 0 Å². The van der Waals surface area contributed by atoms with Crippen molar-refractivity contribution in [1.82, 2.24) is 15.2 Å². The number of fused-ring (bicyclic) bond motifs is 1. The van der Waals surface area contributed by atoms with Crippen LogP contribution in [-0.2, 0) is 0 Å². The molecule has 2 aromatic rings. The van der Waals surface area contributed by atoms with Gasteiger partial charge in [0.05, 0.1) is 5.52 Å². The average Bonchev–Trinajstić information content (AvgIpc) is 2.53. The molecular weight excluding hydrogens is 282 g/mol. The molecule has 0 amide bonds. The highest BCUT2D eigenvalue weighted by molar-refractivity contribution is 6.30. The highest BCUT2D eigenvalue weighted by Gasteiger charge is 2.23. The molecule has 0 unspecified atom stereocenters. The maximum atomic E-state index is 6.47. The number of halogens is 1. The molecule has 1 aliphatic rings. The topological polar surface area (TPSA) is 28.2 Å². The van der Waals surface area contributed by atoms with Crippen molar-refractivity contribution in [2.24, 2.45) is 0 Å².